The van der Waals surface area contributed by atoms with Gasteiger partial charge in [-0.2, -0.15) is 0 Å². The molecule has 32 heavy (non-hydrogen) atoms. The van der Waals surface area contributed by atoms with Gasteiger partial charge in [-0.3, -0.25) is 24.6 Å². The van der Waals surface area contributed by atoms with Gasteiger partial charge in [0, 0.05) is 42.7 Å². The van der Waals surface area contributed by atoms with E-state index in [9.17, 15) is 19.5 Å². The first kappa shape index (κ1) is 27.1. The van der Waals surface area contributed by atoms with Gasteiger partial charge in [0.05, 0.1) is 19.8 Å². The second-order valence-electron chi connectivity index (χ2n) is 7.34. The molecule has 5 N–H and O–H groups in total. The first-order valence-corrected chi connectivity index (χ1v) is 10.9. The van der Waals surface area contributed by atoms with Gasteiger partial charge < -0.3 is 25.6 Å². The highest BCUT2D eigenvalue weighted by molar-refractivity contribution is 8.16. The number of phenolic OH excluding ortho intramolecular Hbond substituents is 1. The molecule has 0 saturated heterocycles. The van der Waals surface area contributed by atoms with E-state index in [1.165, 1.54) is 26.4 Å². The van der Waals surface area contributed by atoms with Crippen molar-refractivity contribution in [2.75, 3.05) is 27.3 Å². The number of benzene rings is 1. The van der Waals surface area contributed by atoms with E-state index in [-0.39, 0.29) is 28.5 Å². The number of hydrogen-bond donors (Lipinski definition) is 4. The molecule has 0 aliphatic heterocycles. The Morgan fingerprint density at radius 3 is 2.22 bits per heavy atom. The van der Waals surface area contributed by atoms with Gasteiger partial charge >= 0.3 is 0 Å². The Bertz CT molecular complexity index is 849. The van der Waals surface area contributed by atoms with Crippen molar-refractivity contribution in [3.8, 4) is 17.2 Å². The molecule has 10 nitrogen and oxygen atoms in total. The van der Waals surface area contributed by atoms with Gasteiger partial charge in [0.15, 0.2) is 11.5 Å². The molecule has 0 atom stereocenters. The monoisotopic (exact) mass is 468 g/mol. The molecular weight excluding hydrogens is 436 g/mol. The van der Waals surface area contributed by atoms with E-state index in [0.717, 1.165) is 5.41 Å². The second-order valence-corrected chi connectivity index (χ2v) is 8.18. The minimum absolute atomic E-state index is 0.160. The van der Waals surface area contributed by atoms with Crippen LogP contribution in [0.3, 0.4) is 0 Å². The van der Waals surface area contributed by atoms with Crippen molar-refractivity contribution in [3.63, 3.8) is 0 Å². The number of nitrogens with two attached hydrogens (primary N) is 1. The number of thioether (sulfide) groups is 1. The molecule has 0 aliphatic rings. The van der Waals surface area contributed by atoms with Crippen LogP contribution in [0.1, 0.15) is 38.1 Å². The molecule has 178 valence electrons. The Morgan fingerprint density at radius 2 is 1.69 bits per heavy atom. The Balaban J connectivity index is 2.63. The van der Waals surface area contributed by atoms with Gasteiger partial charge in [-0.25, -0.2) is 0 Å². The average Bonchev–Trinajstić information content (AvgIpc) is 2.73. The third-order valence-corrected chi connectivity index (χ3v) is 5.19. The average molecular weight is 469 g/mol. The number of methoxy groups -OCH3 is 2. The molecule has 0 fully saturated rings. The van der Waals surface area contributed by atoms with Crippen LogP contribution in [0.4, 0.5) is 4.79 Å². The highest BCUT2D eigenvalue weighted by Crippen LogP contribution is 2.33. The van der Waals surface area contributed by atoms with Gasteiger partial charge in [0.1, 0.15) is 11.4 Å². The standard InChI is InChI=1S/C21H32N4O6S/c1-12(2)25(13(3)4)8-7-23-20(28)15(22)11-32-21(29)24-19(27)14-9-17(30-5)18(31-6)10-16(14)26/h9-13,26H,7-8,22H2,1-6H3,(H,23,28)(H,24,27,29)/b15-11-. The van der Waals surface area contributed by atoms with Crippen LogP contribution >= 0.6 is 11.8 Å². The first-order chi connectivity index (χ1) is 15.0. The summed E-state index contributed by atoms with van der Waals surface area (Å²) in [5.74, 6) is -1.30. The van der Waals surface area contributed by atoms with E-state index in [0.29, 0.717) is 36.9 Å². The van der Waals surface area contributed by atoms with E-state index < -0.39 is 17.1 Å². The molecule has 1 aromatic carbocycles. The van der Waals surface area contributed by atoms with Crippen LogP contribution in [0, 0.1) is 0 Å². The van der Waals surface area contributed by atoms with Crippen LogP contribution in [0.5, 0.6) is 17.2 Å². The fourth-order valence-electron chi connectivity index (χ4n) is 2.92. The number of aromatic hydroxyl groups is 1. The lowest BCUT2D eigenvalue weighted by atomic mass is 10.1. The molecule has 0 unspecified atom stereocenters. The fraction of sp³-hybridized carbons (Fsp3) is 0.476. The van der Waals surface area contributed by atoms with Crippen molar-refractivity contribution in [2.24, 2.45) is 5.73 Å². The molecule has 0 saturated carbocycles. The van der Waals surface area contributed by atoms with E-state index in [4.69, 9.17) is 15.2 Å². The third kappa shape index (κ3) is 7.97. The van der Waals surface area contributed by atoms with Crippen LogP contribution in [-0.4, -0.2) is 66.5 Å². The second kappa shape index (κ2) is 12.8. The number of nitrogens with zero attached hydrogens (tertiary/aromatic N) is 1. The quantitative estimate of drug-likeness (QED) is 0.379. The molecule has 3 amide bonds. The molecule has 0 spiro atoms. The summed E-state index contributed by atoms with van der Waals surface area (Å²) in [7, 11) is 2.76. The third-order valence-electron chi connectivity index (χ3n) is 4.50. The number of rotatable bonds is 10. The number of nitrogens with one attached hydrogen (secondary N) is 2. The minimum Gasteiger partial charge on any atom is -0.507 e. The van der Waals surface area contributed by atoms with Crippen LogP contribution in [0.2, 0.25) is 0 Å². The van der Waals surface area contributed by atoms with Gasteiger partial charge in [-0.15, -0.1) is 0 Å². The Hall–Kier alpha value is -2.92. The number of hydrogen-bond acceptors (Lipinski definition) is 9. The highest BCUT2D eigenvalue weighted by Gasteiger charge is 2.19. The smallest absolute Gasteiger partial charge is 0.290 e. The Labute approximate surface area is 192 Å². The van der Waals surface area contributed by atoms with Gasteiger partial charge in [-0.1, -0.05) is 0 Å². The maximum atomic E-state index is 12.3. The topological polar surface area (TPSA) is 143 Å². The van der Waals surface area contributed by atoms with E-state index in [1.807, 2.05) is 0 Å². The molecule has 0 heterocycles. The van der Waals surface area contributed by atoms with E-state index in [1.54, 1.807) is 0 Å². The molecule has 1 rings (SSSR count). The van der Waals surface area contributed by atoms with Crippen molar-refractivity contribution in [1.29, 1.82) is 0 Å². The molecule has 0 bridgehead atoms. The SMILES string of the molecule is COc1cc(O)c(C(=O)NC(=O)S/C=C(\N)C(=O)NCCN(C(C)C)C(C)C)cc1OC. The van der Waals surface area contributed by atoms with Crippen LogP contribution in [0.15, 0.2) is 23.2 Å². The highest BCUT2D eigenvalue weighted by atomic mass is 32.2. The van der Waals surface area contributed by atoms with Gasteiger partial charge in [0.2, 0.25) is 0 Å². The van der Waals surface area contributed by atoms with Crippen LogP contribution in [-0.2, 0) is 4.79 Å². The lowest BCUT2D eigenvalue weighted by Gasteiger charge is -2.30. The lowest BCUT2D eigenvalue weighted by molar-refractivity contribution is -0.117. The zero-order valence-electron chi connectivity index (χ0n) is 19.2. The number of imide groups is 1. The van der Waals surface area contributed by atoms with E-state index in [2.05, 4.69) is 43.2 Å². The number of phenols is 1. The number of carbonyl (C=O) groups excluding carboxylic acids is 3. The largest absolute Gasteiger partial charge is 0.507 e. The molecule has 11 heteroatoms. The first-order valence-electron chi connectivity index (χ1n) is 9.98. The summed E-state index contributed by atoms with van der Waals surface area (Å²) < 4.78 is 10.1. The predicted octanol–water partition coefficient (Wildman–Crippen LogP) is 2.03. The van der Waals surface area contributed by atoms with Crippen molar-refractivity contribution >= 4 is 28.8 Å². The summed E-state index contributed by atoms with van der Waals surface area (Å²) in [4.78, 5) is 38.7. The predicted molar refractivity (Wildman–Crippen MR) is 124 cm³/mol. The van der Waals surface area contributed by atoms with Crippen molar-refractivity contribution in [1.82, 2.24) is 15.5 Å². The summed E-state index contributed by atoms with van der Waals surface area (Å²) in [5.41, 5.74) is 5.38. The lowest BCUT2D eigenvalue weighted by Crippen LogP contribution is -2.43. The Kier molecular flexibility index (Phi) is 10.9. The van der Waals surface area contributed by atoms with E-state index >= 15 is 0 Å². The van der Waals surface area contributed by atoms with Crippen molar-refractivity contribution in [3.05, 3.63) is 28.8 Å². The molecular formula is C21H32N4O6S. The summed E-state index contributed by atoms with van der Waals surface area (Å²) >= 11 is 0.542. The summed E-state index contributed by atoms with van der Waals surface area (Å²) in [6.07, 6.45) is 0. The minimum atomic E-state index is -0.847. The van der Waals surface area contributed by atoms with Crippen molar-refractivity contribution < 1.29 is 29.0 Å². The summed E-state index contributed by atoms with van der Waals surface area (Å²) in [5, 5.41) is 15.2. The number of carbonyl (C=O) groups is 3. The molecule has 0 aromatic heterocycles. The maximum absolute atomic E-state index is 12.3. The maximum Gasteiger partial charge on any atom is 0.290 e. The zero-order valence-corrected chi connectivity index (χ0v) is 20.0. The molecule has 0 radical (unpaired) electrons. The van der Waals surface area contributed by atoms with Gasteiger partial charge in [-0.05, 0) is 39.5 Å². The van der Waals surface area contributed by atoms with Gasteiger partial charge in [0.25, 0.3) is 17.1 Å². The normalized spacial score (nSPS) is 11.6. The fourth-order valence-corrected chi connectivity index (χ4v) is 3.42. The van der Waals surface area contributed by atoms with Crippen molar-refractivity contribution in [2.45, 2.75) is 39.8 Å². The number of ether oxygens (including phenoxy) is 2. The summed E-state index contributed by atoms with van der Waals surface area (Å²) in [6.45, 7) is 9.37. The number of amides is 3. The van der Waals surface area contributed by atoms with Crippen LogP contribution < -0.4 is 25.8 Å². The molecule has 0 aliphatic carbocycles. The van der Waals surface area contributed by atoms with Crippen LogP contribution in [0.25, 0.3) is 0 Å². The summed E-state index contributed by atoms with van der Waals surface area (Å²) in [6, 6.07) is 3.12. The zero-order chi connectivity index (χ0) is 24.4. The molecule has 1 aromatic rings. The Morgan fingerprint density at radius 1 is 1.12 bits per heavy atom.